The number of aromatic nitrogens is 4. The van der Waals surface area contributed by atoms with Crippen LogP contribution >= 0.6 is 0 Å². The van der Waals surface area contributed by atoms with Gasteiger partial charge in [0, 0.05) is 30.4 Å². The minimum Gasteiger partial charge on any atom is -0.480 e. The third-order valence-corrected chi connectivity index (χ3v) is 4.76. The molecule has 1 aromatic carbocycles. The van der Waals surface area contributed by atoms with Gasteiger partial charge in [-0.2, -0.15) is 4.98 Å². The molecule has 0 aliphatic carbocycles. The van der Waals surface area contributed by atoms with Gasteiger partial charge in [-0.15, -0.1) is 5.10 Å². The zero-order valence-corrected chi connectivity index (χ0v) is 17.8. The summed E-state index contributed by atoms with van der Waals surface area (Å²) in [4.78, 5) is 25.8. The Labute approximate surface area is 189 Å². The maximum Gasteiger partial charge on any atom is 0.261 e. The zero-order chi connectivity index (χ0) is 23.2. The quantitative estimate of drug-likeness (QED) is 0.372. The molecule has 0 atom stereocenters. The summed E-state index contributed by atoms with van der Waals surface area (Å²) in [7, 11) is 1.45. The molecule has 3 aromatic heterocycles. The highest BCUT2D eigenvalue weighted by Crippen LogP contribution is 2.25. The SMILES string of the molecule is COc1ncc(-c2ccn3nc(N)nc3c2)cc1C(=O)N/C(C=NCc1ccccc1)=C/N. The lowest BCUT2D eigenvalue weighted by molar-refractivity contribution is 0.0964. The molecule has 0 aliphatic rings. The molecule has 3 heterocycles. The topological polar surface area (TPSA) is 146 Å². The molecule has 0 fully saturated rings. The van der Waals surface area contributed by atoms with Gasteiger partial charge in [0.2, 0.25) is 11.8 Å². The number of allylic oxidation sites excluding steroid dienone is 1. The largest absolute Gasteiger partial charge is 0.480 e. The van der Waals surface area contributed by atoms with Gasteiger partial charge in [0.05, 0.1) is 19.4 Å². The number of aliphatic imine (C=N–C) groups is 1. The maximum absolute atomic E-state index is 13.0. The van der Waals surface area contributed by atoms with E-state index in [0.29, 0.717) is 23.5 Å². The molecular formula is C23H22N8O2. The van der Waals surface area contributed by atoms with Crippen LogP contribution in [0.3, 0.4) is 0 Å². The number of nitrogen functional groups attached to an aromatic ring is 1. The van der Waals surface area contributed by atoms with E-state index in [1.807, 2.05) is 36.4 Å². The first-order valence-electron chi connectivity index (χ1n) is 10.0. The number of carbonyl (C=O) groups is 1. The standard InChI is InChI=1S/C23H22N8O2/c1-33-22-19(21(32)28-18(11-24)14-26-12-15-5-3-2-4-6-15)9-17(13-27-22)16-7-8-31-20(10-16)29-23(25)30-31/h2-11,13-14H,12,24H2,1H3,(H2,25,30)(H,28,32)/b18-11+,26-14?. The van der Waals surface area contributed by atoms with Gasteiger partial charge in [0.1, 0.15) is 5.56 Å². The third-order valence-electron chi connectivity index (χ3n) is 4.76. The van der Waals surface area contributed by atoms with Gasteiger partial charge >= 0.3 is 0 Å². The number of benzene rings is 1. The smallest absolute Gasteiger partial charge is 0.261 e. The van der Waals surface area contributed by atoms with Crippen molar-refractivity contribution in [2.24, 2.45) is 10.7 Å². The number of nitrogens with two attached hydrogens (primary N) is 2. The number of amides is 1. The van der Waals surface area contributed by atoms with Crippen LogP contribution in [0.4, 0.5) is 5.95 Å². The van der Waals surface area contributed by atoms with Crippen LogP contribution in [-0.2, 0) is 6.54 Å². The number of hydrogen-bond donors (Lipinski definition) is 3. The number of carbonyl (C=O) groups excluding carboxylic acids is 1. The number of methoxy groups -OCH3 is 1. The molecule has 0 radical (unpaired) electrons. The number of hydrogen-bond acceptors (Lipinski definition) is 8. The van der Waals surface area contributed by atoms with Crippen LogP contribution < -0.4 is 21.5 Å². The molecule has 5 N–H and O–H groups in total. The molecule has 4 rings (SSSR count). The number of nitrogens with zero attached hydrogens (tertiary/aromatic N) is 5. The van der Waals surface area contributed by atoms with Gasteiger partial charge in [-0.05, 0) is 29.3 Å². The summed E-state index contributed by atoms with van der Waals surface area (Å²) in [6, 6.07) is 15.1. The van der Waals surface area contributed by atoms with Crippen LogP contribution in [-0.4, -0.2) is 38.8 Å². The molecule has 0 aliphatic heterocycles. The minimum absolute atomic E-state index is 0.176. The molecule has 10 heteroatoms. The van der Waals surface area contributed by atoms with E-state index in [2.05, 4.69) is 25.4 Å². The van der Waals surface area contributed by atoms with Crippen molar-refractivity contribution in [3.63, 3.8) is 0 Å². The molecule has 4 aromatic rings. The van der Waals surface area contributed by atoms with Crippen molar-refractivity contribution >= 4 is 23.7 Å². The van der Waals surface area contributed by atoms with Gasteiger partial charge in [0.25, 0.3) is 5.91 Å². The van der Waals surface area contributed by atoms with E-state index in [4.69, 9.17) is 16.2 Å². The fourth-order valence-electron chi connectivity index (χ4n) is 3.16. The first kappa shape index (κ1) is 21.5. The molecule has 0 saturated heterocycles. The van der Waals surface area contributed by atoms with Crippen molar-refractivity contribution < 1.29 is 9.53 Å². The Bertz CT molecular complexity index is 1350. The first-order chi connectivity index (χ1) is 16.1. The van der Waals surface area contributed by atoms with Crippen LogP contribution in [0.25, 0.3) is 16.8 Å². The van der Waals surface area contributed by atoms with Crippen molar-refractivity contribution in [3.8, 4) is 17.0 Å². The minimum atomic E-state index is -0.433. The summed E-state index contributed by atoms with van der Waals surface area (Å²) in [6.45, 7) is 0.462. The molecule has 0 unspecified atom stereocenters. The Balaban J connectivity index is 1.55. The van der Waals surface area contributed by atoms with E-state index in [0.717, 1.165) is 11.1 Å². The monoisotopic (exact) mass is 442 g/mol. The normalized spacial score (nSPS) is 11.7. The van der Waals surface area contributed by atoms with Crippen molar-refractivity contribution in [1.82, 2.24) is 24.9 Å². The van der Waals surface area contributed by atoms with E-state index >= 15 is 0 Å². The molecule has 1 amide bonds. The third kappa shape index (κ3) is 4.96. The summed E-state index contributed by atoms with van der Waals surface area (Å²) in [5.41, 5.74) is 15.0. The Morgan fingerprint density at radius 1 is 1.21 bits per heavy atom. The van der Waals surface area contributed by atoms with Crippen LogP contribution in [0.5, 0.6) is 5.88 Å². The second-order valence-corrected chi connectivity index (χ2v) is 7.00. The number of pyridine rings is 2. The van der Waals surface area contributed by atoms with E-state index in [1.54, 1.807) is 29.0 Å². The highest BCUT2D eigenvalue weighted by Gasteiger charge is 2.16. The van der Waals surface area contributed by atoms with E-state index in [9.17, 15) is 4.79 Å². The van der Waals surface area contributed by atoms with Crippen LogP contribution in [0.1, 0.15) is 15.9 Å². The van der Waals surface area contributed by atoms with E-state index < -0.39 is 5.91 Å². The van der Waals surface area contributed by atoms with Gasteiger partial charge in [-0.1, -0.05) is 30.3 Å². The number of fused-ring (bicyclic) bond motifs is 1. The van der Waals surface area contributed by atoms with Gasteiger partial charge in [-0.3, -0.25) is 9.79 Å². The lowest BCUT2D eigenvalue weighted by Gasteiger charge is -2.11. The molecule has 166 valence electrons. The highest BCUT2D eigenvalue weighted by atomic mass is 16.5. The molecule has 0 spiro atoms. The van der Waals surface area contributed by atoms with Crippen LogP contribution in [0.2, 0.25) is 0 Å². The molecule has 0 saturated carbocycles. The number of nitrogens with one attached hydrogen (secondary N) is 1. The fourth-order valence-corrected chi connectivity index (χ4v) is 3.16. The second-order valence-electron chi connectivity index (χ2n) is 7.00. The first-order valence-corrected chi connectivity index (χ1v) is 10.0. The number of ether oxygens (including phenoxy) is 1. The summed E-state index contributed by atoms with van der Waals surface area (Å²) in [5, 5.41) is 6.80. The predicted molar refractivity (Wildman–Crippen MR) is 126 cm³/mol. The van der Waals surface area contributed by atoms with Crippen molar-refractivity contribution in [2.75, 3.05) is 12.8 Å². The van der Waals surface area contributed by atoms with E-state index in [1.165, 1.54) is 19.5 Å². The van der Waals surface area contributed by atoms with Gasteiger partial charge < -0.3 is 21.5 Å². The Hall–Kier alpha value is -4.73. The van der Waals surface area contributed by atoms with Crippen molar-refractivity contribution in [2.45, 2.75) is 6.54 Å². The summed E-state index contributed by atoms with van der Waals surface area (Å²) >= 11 is 0. The molecule has 10 nitrogen and oxygen atoms in total. The number of anilines is 1. The highest BCUT2D eigenvalue weighted by molar-refractivity contribution is 6.01. The Morgan fingerprint density at radius 3 is 2.79 bits per heavy atom. The number of rotatable bonds is 7. The molecule has 0 bridgehead atoms. The lowest BCUT2D eigenvalue weighted by Crippen LogP contribution is -2.25. The fraction of sp³-hybridized carbons (Fsp3) is 0.0870. The zero-order valence-electron chi connectivity index (χ0n) is 17.8. The van der Waals surface area contributed by atoms with Crippen LogP contribution in [0.15, 0.2) is 77.8 Å². The van der Waals surface area contributed by atoms with Crippen LogP contribution in [0, 0.1) is 0 Å². The van der Waals surface area contributed by atoms with Gasteiger partial charge in [-0.25, -0.2) is 9.50 Å². The average molecular weight is 442 g/mol. The Morgan fingerprint density at radius 2 is 2.03 bits per heavy atom. The average Bonchev–Trinajstić information content (AvgIpc) is 3.22. The molecule has 33 heavy (non-hydrogen) atoms. The summed E-state index contributed by atoms with van der Waals surface area (Å²) in [6.07, 6.45) is 6.14. The second kappa shape index (κ2) is 9.60. The van der Waals surface area contributed by atoms with Crippen molar-refractivity contribution in [3.05, 3.63) is 83.9 Å². The molecular weight excluding hydrogens is 420 g/mol. The van der Waals surface area contributed by atoms with Crippen molar-refractivity contribution in [1.29, 1.82) is 0 Å². The summed E-state index contributed by atoms with van der Waals surface area (Å²) < 4.78 is 6.85. The maximum atomic E-state index is 13.0. The van der Waals surface area contributed by atoms with Gasteiger partial charge in [0.15, 0.2) is 5.65 Å². The lowest BCUT2D eigenvalue weighted by atomic mass is 10.1. The Kier molecular flexibility index (Phi) is 6.26. The predicted octanol–water partition coefficient (Wildman–Crippen LogP) is 2.18. The van der Waals surface area contributed by atoms with E-state index in [-0.39, 0.29) is 17.4 Å². The summed E-state index contributed by atoms with van der Waals surface area (Å²) in [5.74, 6) is -0.0754.